The topological polar surface area (TPSA) is 32.3 Å². The molecule has 0 radical (unpaired) electrons. The van der Waals surface area contributed by atoms with E-state index in [0.717, 1.165) is 32.4 Å². The number of nitrogens with zero attached hydrogens (tertiary/aromatic N) is 1. The summed E-state index contributed by atoms with van der Waals surface area (Å²) in [7, 11) is 0. The van der Waals surface area contributed by atoms with Crippen molar-refractivity contribution in [3.63, 3.8) is 0 Å². The fourth-order valence-electron chi connectivity index (χ4n) is 2.35. The van der Waals surface area contributed by atoms with Crippen molar-refractivity contribution in [2.75, 3.05) is 13.1 Å². The number of rotatable bonds is 5. The molecule has 1 rings (SSSR count). The van der Waals surface area contributed by atoms with Crippen molar-refractivity contribution in [3.05, 3.63) is 0 Å². The van der Waals surface area contributed by atoms with Crippen molar-refractivity contribution in [2.45, 2.75) is 71.3 Å². The molecule has 0 saturated carbocycles. The van der Waals surface area contributed by atoms with E-state index in [9.17, 15) is 4.79 Å². The largest absolute Gasteiger partial charge is 0.336 e. The number of hydrogen-bond acceptors (Lipinski definition) is 1. The van der Waals surface area contributed by atoms with Gasteiger partial charge in [0.2, 0.25) is 0 Å². The Kier molecular flexibility index (Phi) is 7.06. The zero-order valence-electron chi connectivity index (χ0n) is 11.5. The Morgan fingerprint density at radius 1 is 1.18 bits per heavy atom. The molecule has 1 aliphatic heterocycles. The highest BCUT2D eigenvalue weighted by molar-refractivity contribution is 5.74. The molecule has 100 valence electrons. The SMILES string of the molecule is CCCCC[C@@H](C)NC(=O)N1CCCCCC1. The summed E-state index contributed by atoms with van der Waals surface area (Å²) in [6.07, 6.45) is 9.71. The van der Waals surface area contributed by atoms with Crippen LogP contribution in [0.25, 0.3) is 0 Å². The van der Waals surface area contributed by atoms with Crippen molar-refractivity contribution in [2.24, 2.45) is 0 Å². The first-order valence-corrected chi connectivity index (χ1v) is 7.29. The molecule has 1 atom stereocenters. The highest BCUT2D eigenvalue weighted by Crippen LogP contribution is 2.10. The van der Waals surface area contributed by atoms with Crippen LogP contribution in [0, 0.1) is 0 Å². The van der Waals surface area contributed by atoms with Gasteiger partial charge in [0.1, 0.15) is 0 Å². The first-order chi connectivity index (χ1) is 8.24. The van der Waals surface area contributed by atoms with Gasteiger partial charge in [0.25, 0.3) is 0 Å². The number of amides is 2. The van der Waals surface area contributed by atoms with Crippen LogP contribution >= 0.6 is 0 Å². The summed E-state index contributed by atoms with van der Waals surface area (Å²) >= 11 is 0. The minimum atomic E-state index is 0.149. The predicted octanol–water partition coefficient (Wildman–Crippen LogP) is 3.54. The summed E-state index contributed by atoms with van der Waals surface area (Å²) in [6.45, 7) is 6.20. The summed E-state index contributed by atoms with van der Waals surface area (Å²) in [5.74, 6) is 0. The molecule has 3 nitrogen and oxygen atoms in total. The van der Waals surface area contributed by atoms with Crippen LogP contribution in [0.2, 0.25) is 0 Å². The number of hydrogen-bond donors (Lipinski definition) is 1. The van der Waals surface area contributed by atoms with Crippen LogP contribution in [0.15, 0.2) is 0 Å². The monoisotopic (exact) mass is 240 g/mol. The van der Waals surface area contributed by atoms with Gasteiger partial charge in [-0.3, -0.25) is 0 Å². The van der Waals surface area contributed by atoms with E-state index in [4.69, 9.17) is 0 Å². The lowest BCUT2D eigenvalue weighted by Gasteiger charge is -2.23. The summed E-state index contributed by atoms with van der Waals surface area (Å²) in [5.41, 5.74) is 0. The highest BCUT2D eigenvalue weighted by atomic mass is 16.2. The summed E-state index contributed by atoms with van der Waals surface area (Å²) < 4.78 is 0. The Bertz CT molecular complexity index is 210. The zero-order valence-corrected chi connectivity index (χ0v) is 11.5. The number of carbonyl (C=O) groups excluding carboxylic acids is 1. The molecular weight excluding hydrogens is 212 g/mol. The van der Waals surface area contributed by atoms with Crippen LogP contribution in [0.5, 0.6) is 0 Å². The summed E-state index contributed by atoms with van der Waals surface area (Å²) in [6, 6.07) is 0.466. The second-order valence-electron chi connectivity index (χ2n) is 5.25. The average Bonchev–Trinajstić information content (AvgIpc) is 2.57. The minimum Gasteiger partial charge on any atom is -0.336 e. The van der Waals surface area contributed by atoms with Gasteiger partial charge in [-0.15, -0.1) is 0 Å². The van der Waals surface area contributed by atoms with Crippen molar-refractivity contribution >= 4 is 6.03 Å². The van der Waals surface area contributed by atoms with Gasteiger partial charge in [0, 0.05) is 19.1 Å². The summed E-state index contributed by atoms with van der Waals surface area (Å²) in [5, 5.41) is 3.12. The van der Waals surface area contributed by atoms with E-state index in [-0.39, 0.29) is 6.03 Å². The third kappa shape index (κ3) is 5.94. The Labute approximate surface area is 106 Å². The van der Waals surface area contributed by atoms with Gasteiger partial charge in [-0.05, 0) is 26.2 Å². The highest BCUT2D eigenvalue weighted by Gasteiger charge is 2.16. The van der Waals surface area contributed by atoms with Crippen molar-refractivity contribution in [1.29, 1.82) is 0 Å². The first-order valence-electron chi connectivity index (χ1n) is 7.29. The van der Waals surface area contributed by atoms with Crippen LogP contribution in [0.3, 0.4) is 0 Å². The molecule has 0 unspecified atom stereocenters. The summed E-state index contributed by atoms with van der Waals surface area (Å²) in [4.78, 5) is 14.0. The average molecular weight is 240 g/mol. The Balaban J connectivity index is 2.21. The van der Waals surface area contributed by atoms with Crippen molar-refractivity contribution < 1.29 is 4.79 Å². The van der Waals surface area contributed by atoms with E-state index in [0.29, 0.717) is 6.04 Å². The molecule has 0 aromatic rings. The molecule has 0 aromatic heterocycles. The lowest BCUT2D eigenvalue weighted by atomic mass is 10.1. The van der Waals surface area contributed by atoms with E-state index in [1.807, 2.05) is 4.90 Å². The maximum Gasteiger partial charge on any atom is 0.317 e. The van der Waals surface area contributed by atoms with Gasteiger partial charge >= 0.3 is 6.03 Å². The molecule has 1 fully saturated rings. The Morgan fingerprint density at radius 3 is 2.41 bits per heavy atom. The Hall–Kier alpha value is -0.730. The minimum absolute atomic E-state index is 0.149. The van der Waals surface area contributed by atoms with Crippen LogP contribution in [-0.4, -0.2) is 30.1 Å². The lowest BCUT2D eigenvalue weighted by molar-refractivity contribution is 0.195. The van der Waals surface area contributed by atoms with Gasteiger partial charge in [0.15, 0.2) is 0 Å². The first kappa shape index (κ1) is 14.3. The number of unbranched alkanes of at least 4 members (excludes halogenated alkanes) is 2. The molecule has 1 aliphatic rings. The fraction of sp³-hybridized carbons (Fsp3) is 0.929. The number of nitrogens with one attached hydrogen (secondary N) is 1. The van der Waals surface area contributed by atoms with E-state index in [1.54, 1.807) is 0 Å². The molecule has 1 N–H and O–H groups in total. The van der Waals surface area contributed by atoms with Gasteiger partial charge in [0.05, 0.1) is 0 Å². The van der Waals surface area contributed by atoms with Crippen LogP contribution in [-0.2, 0) is 0 Å². The maximum absolute atomic E-state index is 12.0. The number of urea groups is 1. The van der Waals surface area contributed by atoms with Crippen LogP contribution < -0.4 is 5.32 Å². The molecule has 0 bridgehead atoms. The van der Waals surface area contributed by atoms with Gasteiger partial charge in [-0.25, -0.2) is 4.79 Å². The van der Waals surface area contributed by atoms with Crippen molar-refractivity contribution in [3.8, 4) is 0 Å². The molecule has 1 heterocycles. The van der Waals surface area contributed by atoms with Crippen LogP contribution in [0.4, 0.5) is 4.79 Å². The van der Waals surface area contributed by atoms with Crippen molar-refractivity contribution in [1.82, 2.24) is 10.2 Å². The smallest absolute Gasteiger partial charge is 0.317 e. The molecule has 3 heteroatoms. The van der Waals surface area contributed by atoms with Gasteiger partial charge < -0.3 is 10.2 Å². The molecule has 0 aliphatic carbocycles. The second kappa shape index (κ2) is 8.37. The molecule has 2 amide bonds. The van der Waals surface area contributed by atoms with Gasteiger partial charge in [-0.2, -0.15) is 0 Å². The molecule has 1 saturated heterocycles. The lowest BCUT2D eigenvalue weighted by Crippen LogP contribution is -2.44. The van der Waals surface area contributed by atoms with Crippen LogP contribution in [0.1, 0.15) is 65.2 Å². The third-order valence-electron chi connectivity index (χ3n) is 3.50. The Morgan fingerprint density at radius 2 is 1.82 bits per heavy atom. The number of likely N-dealkylation sites (tertiary alicyclic amines) is 1. The molecule has 0 spiro atoms. The second-order valence-corrected chi connectivity index (χ2v) is 5.25. The molecular formula is C14H28N2O. The van der Waals surface area contributed by atoms with E-state index >= 15 is 0 Å². The van der Waals surface area contributed by atoms with E-state index in [1.165, 1.54) is 32.1 Å². The standard InChI is InChI=1S/C14H28N2O/c1-3-4-7-10-13(2)15-14(17)16-11-8-5-6-9-12-16/h13H,3-12H2,1-2H3,(H,15,17)/t13-/m1/s1. The molecule has 0 aromatic carbocycles. The fourth-order valence-corrected chi connectivity index (χ4v) is 2.35. The van der Waals surface area contributed by atoms with E-state index < -0.39 is 0 Å². The maximum atomic E-state index is 12.0. The molecule has 17 heavy (non-hydrogen) atoms. The van der Waals surface area contributed by atoms with E-state index in [2.05, 4.69) is 19.2 Å². The third-order valence-corrected chi connectivity index (χ3v) is 3.50. The zero-order chi connectivity index (χ0) is 12.5. The number of carbonyl (C=O) groups is 1. The quantitative estimate of drug-likeness (QED) is 0.732. The predicted molar refractivity (Wildman–Crippen MR) is 72.2 cm³/mol. The normalized spacial score (nSPS) is 18.6. The van der Waals surface area contributed by atoms with Gasteiger partial charge in [-0.1, -0.05) is 39.0 Å².